The third-order valence-electron chi connectivity index (χ3n) is 2.57. The number of carbonyl (C=O) groups excluding carboxylic acids is 1. The molecule has 1 amide bonds. The van der Waals surface area contributed by atoms with E-state index in [1.54, 1.807) is 4.90 Å². The van der Waals surface area contributed by atoms with Crippen molar-refractivity contribution in [3.63, 3.8) is 0 Å². The molecule has 100 valence electrons. The molecule has 1 aromatic heterocycles. The number of hydrogen-bond acceptors (Lipinski definition) is 5. The molecule has 7 heteroatoms. The van der Waals surface area contributed by atoms with Crippen molar-refractivity contribution in [3.05, 3.63) is 9.47 Å². The van der Waals surface area contributed by atoms with Crippen LogP contribution < -0.4 is 0 Å². The largest absolute Gasteiger partial charge is 0.366 e. The molecule has 18 heavy (non-hydrogen) atoms. The van der Waals surface area contributed by atoms with Crippen LogP contribution in [0.15, 0.2) is 0 Å². The van der Waals surface area contributed by atoms with Gasteiger partial charge in [-0.05, 0) is 39.3 Å². The molecule has 0 aromatic carbocycles. The molecule has 1 aliphatic rings. The van der Waals surface area contributed by atoms with Gasteiger partial charge in [0.2, 0.25) is 9.47 Å². The molecular weight excluding hydrogens is 274 g/mol. The molecule has 0 N–H and O–H groups in total. The van der Waals surface area contributed by atoms with Crippen molar-refractivity contribution in [2.45, 2.75) is 38.9 Å². The van der Waals surface area contributed by atoms with Crippen LogP contribution in [0.5, 0.6) is 0 Å². The maximum Gasteiger partial charge on any atom is 0.285 e. The quantitative estimate of drug-likeness (QED) is 0.795. The summed E-state index contributed by atoms with van der Waals surface area (Å²) < 4.78 is 6.21. The van der Waals surface area contributed by atoms with Crippen molar-refractivity contribution in [1.29, 1.82) is 0 Å². The minimum absolute atomic E-state index is 0.135. The topological polar surface area (TPSA) is 55.3 Å². The Morgan fingerprint density at radius 1 is 1.28 bits per heavy atom. The van der Waals surface area contributed by atoms with Crippen LogP contribution in [0.3, 0.4) is 0 Å². The average Bonchev–Trinajstić information content (AvgIpc) is 2.58. The molecule has 0 saturated carbocycles. The Hall–Kier alpha value is -0.720. The highest BCUT2D eigenvalue weighted by Crippen LogP contribution is 2.29. The van der Waals surface area contributed by atoms with Gasteiger partial charge in [0.1, 0.15) is 0 Å². The number of aromatic nitrogens is 2. The summed E-state index contributed by atoms with van der Waals surface area (Å²) in [5, 5.41) is 7.78. The van der Waals surface area contributed by atoms with Crippen LogP contribution in [0.1, 0.15) is 37.5 Å². The van der Waals surface area contributed by atoms with Crippen LogP contribution >= 0.6 is 22.9 Å². The number of morpholine rings is 1. The Balaban J connectivity index is 2.20. The fourth-order valence-electron chi connectivity index (χ4n) is 2.36. The van der Waals surface area contributed by atoms with Crippen molar-refractivity contribution in [2.75, 3.05) is 13.1 Å². The van der Waals surface area contributed by atoms with Crippen molar-refractivity contribution in [2.24, 2.45) is 0 Å². The predicted octanol–water partition coefficient (Wildman–Crippen LogP) is 2.22. The smallest absolute Gasteiger partial charge is 0.285 e. The maximum absolute atomic E-state index is 12.3. The zero-order chi connectivity index (χ0) is 13.6. The van der Waals surface area contributed by atoms with E-state index < -0.39 is 0 Å². The van der Waals surface area contributed by atoms with Crippen molar-refractivity contribution in [1.82, 2.24) is 15.1 Å². The van der Waals surface area contributed by atoms with Gasteiger partial charge < -0.3 is 9.64 Å². The number of rotatable bonds is 1. The zero-order valence-electron chi connectivity index (χ0n) is 10.9. The van der Waals surface area contributed by atoms with Crippen LogP contribution in [0, 0.1) is 0 Å². The molecule has 0 bridgehead atoms. The Labute approximate surface area is 115 Å². The first-order valence-electron chi connectivity index (χ1n) is 5.67. The molecule has 5 nitrogen and oxygen atoms in total. The van der Waals surface area contributed by atoms with Crippen LogP contribution in [-0.2, 0) is 4.74 Å². The maximum atomic E-state index is 12.3. The van der Waals surface area contributed by atoms with Crippen molar-refractivity contribution < 1.29 is 9.53 Å². The number of halogens is 1. The van der Waals surface area contributed by atoms with E-state index >= 15 is 0 Å². The Morgan fingerprint density at radius 3 is 2.28 bits per heavy atom. The zero-order valence-corrected chi connectivity index (χ0v) is 12.4. The first-order chi connectivity index (χ1) is 8.19. The van der Waals surface area contributed by atoms with Gasteiger partial charge in [0, 0.05) is 13.1 Å². The minimum Gasteiger partial charge on any atom is -0.366 e. The number of carbonyl (C=O) groups is 1. The van der Waals surface area contributed by atoms with E-state index in [9.17, 15) is 4.79 Å². The SMILES string of the molecule is CC1(C)CN(C(=O)c2nnc(Cl)s2)CC(C)(C)O1. The van der Waals surface area contributed by atoms with E-state index in [1.165, 1.54) is 0 Å². The second kappa shape index (κ2) is 4.43. The fourth-order valence-corrected chi connectivity index (χ4v) is 3.15. The van der Waals surface area contributed by atoms with Gasteiger partial charge in [0.25, 0.3) is 5.91 Å². The Morgan fingerprint density at radius 2 is 1.83 bits per heavy atom. The molecule has 0 unspecified atom stereocenters. The fraction of sp³-hybridized carbons (Fsp3) is 0.727. The lowest BCUT2D eigenvalue weighted by molar-refractivity contribution is -0.171. The standard InChI is InChI=1S/C11H16ClN3O2S/c1-10(2)5-15(6-11(3,4)17-10)8(16)7-13-14-9(12)18-7/h5-6H2,1-4H3. The van der Waals surface area contributed by atoms with Gasteiger partial charge >= 0.3 is 0 Å². The van der Waals surface area contributed by atoms with Crippen LogP contribution in [0.4, 0.5) is 0 Å². The molecule has 2 heterocycles. The molecule has 2 rings (SSSR count). The van der Waals surface area contributed by atoms with Gasteiger partial charge in [-0.15, -0.1) is 10.2 Å². The highest BCUT2D eigenvalue weighted by atomic mass is 35.5. The summed E-state index contributed by atoms with van der Waals surface area (Å²) in [7, 11) is 0. The van der Waals surface area contributed by atoms with E-state index in [4.69, 9.17) is 16.3 Å². The molecule has 0 atom stereocenters. The lowest BCUT2D eigenvalue weighted by atomic mass is 9.99. The summed E-state index contributed by atoms with van der Waals surface area (Å²) in [4.78, 5) is 14.1. The molecular formula is C11H16ClN3O2S. The lowest BCUT2D eigenvalue weighted by Crippen LogP contribution is -2.58. The van der Waals surface area contributed by atoms with Gasteiger partial charge in [0.15, 0.2) is 0 Å². The van der Waals surface area contributed by atoms with Gasteiger partial charge in [-0.25, -0.2) is 0 Å². The third-order valence-corrected chi connectivity index (χ3v) is 3.57. The molecule has 0 aliphatic carbocycles. The molecule has 0 radical (unpaired) electrons. The highest BCUT2D eigenvalue weighted by molar-refractivity contribution is 7.17. The van der Waals surface area contributed by atoms with Gasteiger partial charge in [0.05, 0.1) is 11.2 Å². The second-order valence-corrected chi connectivity index (χ2v) is 7.20. The molecule has 1 aromatic rings. The number of amides is 1. The first-order valence-corrected chi connectivity index (χ1v) is 6.86. The first kappa shape index (κ1) is 13.7. The monoisotopic (exact) mass is 289 g/mol. The summed E-state index contributed by atoms with van der Waals surface area (Å²) in [6.45, 7) is 8.96. The van der Waals surface area contributed by atoms with Crippen LogP contribution in [-0.4, -0.2) is 45.3 Å². The minimum atomic E-state index is -0.369. The highest BCUT2D eigenvalue weighted by Gasteiger charge is 2.40. The summed E-state index contributed by atoms with van der Waals surface area (Å²) in [6.07, 6.45) is 0. The Bertz CT molecular complexity index is 457. The summed E-state index contributed by atoms with van der Waals surface area (Å²) in [6, 6.07) is 0. The third kappa shape index (κ3) is 2.99. The number of nitrogens with zero attached hydrogens (tertiary/aromatic N) is 3. The van der Waals surface area contributed by atoms with Gasteiger partial charge in [-0.1, -0.05) is 11.3 Å². The van der Waals surface area contributed by atoms with E-state index in [2.05, 4.69) is 10.2 Å². The van der Waals surface area contributed by atoms with Gasteiger partial charge in [-0.2, -0.15) is 0 Å². The van der Waals surface area contributed by atoms with E-state index in [0.29, 0.717) is 18.1 Å². The molecule has 1 saturated heterocycles. The predicted molar refractivity (Wildman–Crippen MR) is 70.1 cm³/mol. The summed E-state index contributed by atoms with van der Waals surface area (Å²) in [5.74, 6) is -0.135. The lowest BCUT2D eigenvalue weighted by Gasteiger charge is -2.46. The number of ether oxygens (including phenoxy) is 1. The van der Waals surface area contributed by atoms with Crippen LogP contribution in [0.2, 0.25) is 4.47 Å². The van der Waals surface area contributed by atoms with Crippen molar-refractivity contribution in [3.8, 4) is 0 Å². The van der Waals surface area contributed by atoms with E-state index in [-0.39, 0.29) is 21.6 Å². The summed E-state index contributed by atoms with van der Waals surface area (Å²) >= 11 is 6.81. The van der Waals surface area contributed by atoms with E-state index in [1.807, 2.05) is 27.7 Å². The molecule has 1 aliphatic heterocycles. The number of hydrogen-bond donors (Lipinski definition) is 0. The average molecular weight is 290 g/mol. The summed E-state index contributed by atoms with van der Waals surface area (Å²) in [5.41, 5.74) is -0.738. The Kier molecular flexibility index (Phi) is 3.38. The second-order valence-electron chi connectivity index (χ2n) is 5.64. The molecule has 1 fully saturated rings. The molecule has 0 spiro atoms. The normalized spacial score (nSPS) is 21.9. The van der Waals surface area contributed by atoms with Crippen molar-refractivity contribution >= 4 is 28.8 Å². The van der Waals surface area contributed by atoms with Crippen LogP contribution in [0.25, 0.3) is 0 Å². The van der Waals surface area contributed by atoms with E-state index in [0.717, 1.165) is 11.3 Å². The van der Waals surface area contributed by atoms with Gasteiger partial charge in [-0.3, -0.25) is 4.79 Å².